The molecule has 84 valence electrons. The molecule has 0 radical (unpaired) electrons. The molecule has 1 aliphatic rings. The molecule has 2 aromatic rings. The van der Waals surface area contributed by atoms with Gasteiger partial charge in [-0.2, -0.15) is 0 Å². The van der Waals surface area contributed by atoms with Gasteiger partial charge in [0.2, 0.25) is 0 Å². The fourth-order valence-electron chi connectivity index (χ4n) is 2.12. The number of fused-ring (bicyclic) bond motifs is 1. The molecule has 3 heteroatoms. The van der Waals surface area contributed by atoms with Gasteiger partial charge in [0.05, 0.1) is 0 Å². The van der Waals surface area contributed by atoms with Crippen LogP contribution in [0.4, 0.5) is 0 Å². The first-order chi connectivity index (χ1) is 7.81. The van der Waals surface area contributed by atoms with Gasteiger partial charge in [-0.15, -0.1) is 0 Å². The summed E-state index contributed by atoms with van der Waals surface area (Å²) >= 11 is 3.49. The van der Waals surface area contributed by atoms with E-state index in [0.29, 0.717) is 0 Å². The second kappa shape index (κ2) is 4.22. The van der Waals surface area contributed by atoms with Crippen molar-refractivity contribution in [2.24, 2.45) is 0 Å². The average Bonchev–Trinajstić information content (AvgIpc) is 2.57. The van der Waals surface area contributed by atoms with Crippen LogP contribution in [0.5, 0.6) is 0 Å². The van der Waals surface area contributed by atoms with Crippen LogP contribution in [0.3, 0.4) is 0 Å². The number of rotatable bonds is 3. The van der Waals surface area contributed by atoms with E-state index in [-0.39, 0.29) is 0 Å². The van der Waals surface area contributed by atoms with Gasteiger partial charge in [0.1, 0.15) is 0 Å². The molecular weight excluding hydrogens is 264 g/mol. The summed E-state index contributed by atoms with van der Waals surface area (Å²) in [7, 11) is 0. The summed E-state index contributed by atoms with van der Waals surface area (Å²) in [5, 5.41) is 4.85. The van der Waals surface area contributed by atoms with Crippen molar-refractivity contribution in [3.63, 3.8) is 0 Å². The first kappa shape index (κ1) is 10.4. The molecule has 1 heterocycles. The Bertz CT molecular complexity index is 500. The van der Waals surface area contributed by atoms with Crippen molar-refractivity contribution in [1.29, 1.82) is 0 Å². The third-order valence-electron chi connectivity index (χ3n) is 3.33. The summed E-state index contributed by atoms with van der Waals surface area (Å²) in [5.74, 6) is 0. The third kappa shape index (κ3) is 2.02. The number of H-pyrrole nitrogens is 1. The Morgan fingerprint density at radius 3 is 2.94 bits per heavy atom. The zero-order chi connectivity index (χ0) is 11.0. The van der Waals surface area contributed by atoms with E-state index >= 15 is 0 Å². The lowest BCUT2D eigenvalue weighted by Gasteiger charge is -2.26. The predicted molar refractivity (Wildman–Crippen MR) is 70.5 cm³/mol. The predicted octanol–water partition coefficient (Wildman–Crippen LogP) is 3.57. The van der Waals surface area contributed by atoms with Crippen LogP contribution in [0.15, 0.2) is 28.7 Å². The Hall–Kier alpha value is -0.800. The maximum atomic E-state index is 3.57. The van der Waals surface area contributed by atoms with Crippen molar-refractivity contribution in [3.05, 3.63) is 34.4 Å². The van der Waals surface area contributed by atoms with E-state index in [0.717, 1.165) is 17.1 Å². The van der Waals surface area contributed by atoms with E-state index < -0.39 is 0 Å². The van der Waals surface area contributed by atoms with Crippen LogP contribution in [0, 0.1) is 0 Å². The smallest absolute Gasteiger partial charge is 0.0467 e. The zero-order valence-corrected chi connectivity index (χ0v) is 10.7. The third-order valence-corrected chi connectivity index (χ3v) is 3.82. The summed E-state index contributed by atoms with van der Waals surface area (Å²) in [4.78, 5) is 3.45. The number of aromatic amines is 1. The summed E-state index contributed by atoms with van der Waals surface area (Å²) < 4.78 is 1.13. The summed E-state index contributed by atoms with van der Waals surface area (Å²) in [6.45, 7) is 0.955. The molecule has 0 unspecified atom stereocenters. The molecule has 1 aromatic heterocycles. The molecule has 3 rings (SSSR count). The second-order valence-corrected chi connectivity index (χ2v) is 5.45. The fourth-order valence-corrected chi connectivity index (χ4v) is 2.48. The molecule has 1 saturated carbocycles. The molecular formula is C13H15BrN2. The average molecular weight is 279 g/mol. The standard InChI is InChI=1S/C13H15BrN2/c14-10-5-4-9-6-12(16-13(9)7-10)8-15-11-2-1-3-11/h4-7,11,15-16H,1-3,8H2. The van der Waals surface area contributed by atoms with Crippen LogP contribution in [0.25, 0.3) is 10.9 Å². The van der Waals surface area contributed by atoms with E-state index in [1.54, 1.807) is 0 Å². The zero-order valence-electron chi connectivity index (χ0n) is 9.09. The molecule has 1 aliphatic carbocycles. The Morgan fingerprint density at radius 1 is 1.31 bits per heavy atom. The van der Waals surface area contributed by atoms with Crippen molar-refractivity contribution < 1.29 is 0 Å². The van der Waals surface area contributed by atoms with Crippen molar-refractivity contribution in [2.45, 2.75) is 31.8 Å². The minimum absolute atomic E-state index is 0.748. The Balaban J connectivity index is 1.76. The highest BCUT2D eigenvalue weighted by molar-refractivity contribution is 9.10. The maximum absolute atomic E-state index is 3.57. The van der Waals surface area contributed by atoms with Crippen LogP contribution in [0.2, 0.25) is 0 Å². The van der Waals surface area contributed by atoms with Gasteiger partial charge in [-0.3, -0.25) is 0 Å². The largest absolute Gasteiger partial charge is 0.357 e. The lowest BCUT2D eigenvalue weighted by atomic mass is 9.93. The molecule has 0 atom stereocenters. The normalized spacial score (nSPS) is 16.6. The SMILES string of the molecule is Brc1ccc2cc(CNC3CCC3)[nH]c2c1. The summed E-state index contributed by atoms with van der Waals surface area (Å²) in [5.41, 5.74) is 2.49. The highest BCUT2D eigenvalue weighted by Gasteiger charge is 2.16. The number of hydrogen-bond acceptors (Lipinski definition) is 1. The fraction of sp³-hybridized carbons (Fsp3) is 0.385. The van der Waals surface area contributed by atoms with Crippen molar-refractivity contribution >= 4 is 26.8 Å². The number of benzene rings is 1. The Morgan fingerprint density at radius 2 is 2.19 bits per heavy atom. The second-order valence-electron chi connectivity index (χ2n) is 4.53. The molecule has 0 aliphatic heterocycles. The first-order valence-electron chi connectivity index (χ1n) is 5.82. The quantitative estimate of drug-likeness (QED) is 0.883. The maximum Gasteiger partial charge on any atom is 0.0467 e. The van der Waals surface area contributed by atoms with Gasteiger partial charge >= 0.3 is 0 Å². The molecule has 0 spiro atoms. The molecule has 16 heavy (non-hydrogen) atoms. The van der Waals surface area contributed by atoms with Gasteiger partial charge in [0.25, 0.3) is 0 Å². The monoisotopic (exact) mass is 278 g/mol. The lowest BCUT2D eigenvalue weighted by molar-refractivity contribution is 0.337. The number of hydrogen-bond donors (Lipinski definition) is 2. The minimum atomic E-state index is 0.748. The van der Waals surface area contributed by atoms with Crippen LogP contribution in [-0.4, -0.2) is 11.0 Å². The first-order valence-corrected chi connectivity index (χ1v) is 6.61. The lowest BCUT2D eigenvalue weighted by Crippen LogP contribution is -2.34. The molecule has 2 N–H and O–H groups in total. The van der Waals surface area contributed by atoms with E-state index in [1.807, 2.05) is 0 Å². The minimum Gasteiger partial charge on any atom is -0.357 e. The van der Waals surface area contributed by atoms with Gasteiger partial charge in [-0.1, -0.05) is 28.4 Å². The molecule has 0 amide bonds. The van der Waals surface area contributed by atoms with E-state index in [4.69, 9.17) is 0 Å². The van der Waals surface area contributed by atoms with Crippen LogP contribution in [0.1, 0.15) is 25.0 Å². The van der Waals surface area contributed by atoms with Crippen LogP contribution >= 0.6 is 15.9 Å². The van der Waals surface area contributed by atoms with Crippen LogP contribution < -0.4 is 5.32 Å². The van der Waals surface area contributed by atoms with Gasteiger partial charge in [0.15, 0.2) is 0 Å². The van der Waals surface area contributed by atoms with E-state index in [1.165, 1.54) is 35.9 Å². The van der Waals surface area contributed by atoms with Gasteiger partial charge in [-0.25, -0.2) is 0 Å². The highest BCUT2D eigenvalue weighted by Crippen LogP contribution is 2.21. The van der Waals surface area contributed by atoms with E-state index in [2.05, 4.69) is 50.5 Å². The van der Waals surface area contributed by atoms with Gasteiger partial charge < -0.3 is 10.3 Å². The Kier molecular flexibility index (Phi) is 2.74. The molecule has 2 nitrogen and oxygen atoms in total. The molecule has 1 fully saturated rings. The van der Waals surface area contributed by atoms with E-state index in [9.17, 15) is 0 Å². The number of halogens is 1. The van der Waals surface area contributed by atoms with Crippen molar-refractivity contribution in [1.82, 2.24) is 10.3 Å². The van der Waals surface area contributed by atoms with Crippen LogP contribution in [-0.2, 0) is 6.54 Å². The topological polar surface area (TPSA) is 27.8 Å². The Labute approximate surface area is 104 Å². The van der Waals surface area contributed by atoms with Crippen molar-refractivity contribution in [2.75, 3.05) is 0 Å². The number of aromatic nitrogens is 1. The van der Waals surface area contributed by atoms with Gasteiger partial charge in [0, 0.05) is 28.3 Å². The summed E-state index contributed by atoms with van der Waals surface area (Å²) in [6.07, 6.45) is 4.06. The van der Waals surface area contributed by atoms with Gasteiger partial charge in [-0.05, 0) is 36.4 Å². The highest BCUT2D eigenvalue weighted by atomic mass is 79.9. The molecule has 0 saturated heterocycles. The summed E-state index contributed by atoms with van der Waals surface area (Å²) in [6, 6.07) is 9.33. The molecule has 0 bridgehead atoms. The number of nitrogens with one attached hydrogen (secondary N) is 2. The molecule has 1 aromatic carbocycles. The van der Waals surface area contributed by atoms with Crippen molar-refractivity contribution in [3.8, 4) is 0 Å².